The van der Waals surface area contributed by atoms with Crippen LogP contribution in [0, 0.1) is 0 Å². The van der Waals surface area contributed by atoms with Crippen molar-refractivity contribution in [3.63, 3.8) is 0 Å². The van der Waals surface area contributed by atoms with E-state index in [1.54, 1.807) is 7.11 Å². The van der Waals surface area contributed by atoms with Crippen molar-refractivity contribution in [3.05, 3.63) is 24.3 Å². The number of nitrogen functional groups attached to an aromatic ring is 1. The zero-order valence-electron chi connectivity index (χ0n) is 10.5. The number of nitrogens with one attached hydrogen (secondary N) is 2. The van der Waals surface area contributed by atoms with Gasteiger partial charge in [0.2, 0.25) is 11.3 Å². The number of hydrazine groups is 1. The molecule has 9 nitrogen and oxygen atoms in total. The van der Waals surface area contributed by atoms with Gasteiger partial charge < -0.3 is 15.5 Å². The molecule has 0 atom stereocenters. The van der Waals surface area contributed by atoms with Crippen LogP contribution < -0.4 is 21.3 Å². The highest BCUT2D eigenvalue weighted by Crippen LogP contribution is 2.24. The molecule has 102 valence electrons. The SMILES string of the molecule is COc1ccc(Nc2nc3nonc3nc2NN)cc1. The lowest BCUT2D eigenvalue weighted by molar-refractivity contribution is 0.314. The molecule has 0 saturated heterocycles. The lowest BCUT2D eigenvalue weighted by atomic mass is 10.3. The van der Waals surface area contributed by atoms with Gasteiger partial charge in [-0.2, -0.15) is 4.98 Å². The minimum atomic E-state index is 0.276. The molecule has 0 bridgehead atoms. The van der Waals surface area contributed by atoms with Gasteiger partial charge in [0, 0.05) is 5.69 Å². The Morgan fingerprint density at radius 1 is 1.05 bits per heavy atom. The van der Waals surface area contributed by atoms with Crippen molar-refractivity contribution in [2.24, 2.45) is 5.84 Å². The highest BCUT2D eigenvalue weighted by atomic mass is 16.6. The Bertz CT molecular complexity index is 725. The maximum Gasteiger partial charge on any atom is 0.245 e. The monoisotopic (exact) mass is 273 g/mol. The number of fused-ring (bicyclic) bond motifs is 1. The van der Waals surface area contributed by atoms with E-state index in [2.05, 4.69) is 35.7 Å². The van der Waals surface area contributed by atoms with Crippen LogP contribution >= 0.6 is 0 Å². The Labute approximate surface area is 113 Å². The fraction of sp³-hybridized carbons (Fsp3) is 0.0909. The molecule has 2 aromatic heterocycles. The molecule has 3 rings (SSSR count). The summed E-state index contributed by atoms with van der Waals surface area (Å²) in [7, 11) is 1.61. The lowest BCUT2D eigenvalue weighted by Crippen LogP contribution is -2.12. The van der Waals surface area contributed by atoms with Crippen molar-refractivity contribution in [2.45, 2.75) is 0 Å². The van der Waals surface area contributed by atoms with Crippen LogP contribution in [0.1, 0.15) is 0 Å². The molecule has 0 radical (unpaired) electrons. The summed E-state index contributed by atoms with van der Waals surface area (Å²) in [5.74, 6) is 6.93. The van der Waals surface area contributed by atoms with Gasteiger partial charge in [-0.1, -0.05) is 0 Å². The lowest BCUT2D eigenvalue weighted by Gasteiger charge is -2.09. The molecule has 0 aliphatic heterocycles. The van der Waals surface area contributed by atoms with E-state index < -0.39 is 0 Å². The maximum absolute atomic E-state index is 5.42. The van der Waals surface area contributed by atoms with Crippen molar-refractivity contribution in [3.8, 4) is 5.75 Å². The van der Waals surface area contributed by atoms with Crippen LogP contribution in [0.4, 0.5) is 17.3 Å². The van der Waals surface area contributed by atoms with Crippen LogP contribution in [0.25, 0.3) is 11.3 Å². The number of benzene rings is 1. The second kappa shape index (κ2) is 4.97. The quantitative estimate of drug-likeness (QED) is 0.472. The number of methoxy groups -OCH3 is 1. The smallest absolute Gasteiger partial charge is 0.245 e. The molecule has 0 saturated carbocycles. The Morgan fingerprint density at radius 3 is 2.30 bits per heavy atom. The van der Waals surface area contributed by atoms with Crippen LogP contribution in [0.3, 0.4) is 0 Å². The first-order chi connectivity index (χ1) is 9.80. The summed E-state index contributed by atoms with van der Waals surface area (Å²) in [6, 6.07) is 7.32. The Hall–Kier alpha value is -2.94. The second-order valence-corrected chi connectivity index (χ2v) is 3.83. The average Bonchev–Trinajstić information content (AvgIpc) is 2.94. The molecule has 3 aromatic rings. The van der Waals surface area contributed by atoms with Gasteiger partial charge in [0.15, 0.2) is 11.6 Å². The number of ether oxygens (including phenoxy) is 1. The third-order valence-corrected chi connectivity index (χ3v) is 2.60. The summed E-state index contributed by atoms with van der Waals surface area (Å²) < 4.78 is 9.65. The molecule has 2 heterocycles. The summed E-state index contributed by atoms with van der Waals surface area (Å²) in [6.07, 6.45) is 0. The van der Waals surface area contributed by atoms with Crippen LogP contribution in [0.5, 0.6) is 5.75 Å². The summed E-state index contributed by atoms with van der Waals surface area (Å²) in [6.45, 7) is 0. The summed E-state index contributed by atoms with van der Waals surface area (Å²) in [4.78, 5) is 8.36. The Balaban J connectivity index is 1.95. The predicted octanol–water partition coefficient (Wildman–Crippen LogP) is 1.05. The molecule has 0 aliphatic carbocycles. The van der Waals surface area contributed by atoms with E-state index in [0.29, 0.717) is 17.3 Å². The second-order valence-electron chi connectivity index (χ2n) is 3.83. The fourth-order valence-electron chi connectivity index (χ4n) is 1.64. The van der Waals surface area contributed by atoms with Crippen LogP contribution in [-0.2, 0) is 0 Å². The van der Waals surface area contributed by atoms with Gasteiger partial charge in [0.25, 0.3) is 0 Å². The van der Waals surface area contributed by atoms with E-state index >= 15 is 0 Å². The predicted molar refractivity (Wildman–Crippen MR) is 71.5 cm³/mol. The van der Waals surface area contributed by atoms with E-state index in [-0.39, 0.29) is 5.65 Å². The summed E-state index contributed by atoms with van der Waals surface area (Å²) in [5, 5.41) is 10.3. The van der Waals surface area contributed by atoms with Crippen molar-refractivity contribution in [1.82, 2.24) is 20.3 Å². The van der Waals surface area contributed by atoms with E-state index in [4.69, 9.17) is 10.6 Å². The van der Waals surface area contributed by atoms with Crippen LogP contribution in [-0.4, -0.2) is 27.4 Å². The molecule has 0 amide bonds. The highest BCUT2D eigenvalue weighted by Gasteiger charge is 2.11. The molecular weight excluding hydrogens is 262 g/mol. The van der Waals surface area contributed by atoms with Crippen molar-refractivity contribution < 1.29 is 9.37 Å². The molecule has 0 fully saturated rings. The Morgan fingerprint density at radius 2 is 1.70 bits per heavy atom. The van der Waals surface area contributed by atoms with Gasteiger partial charge in [-0.25, -0.2) is 15.5 Å². The van der Waals surface area contributed by atoms with Crippen LogP contribution in [0.2, 0.25) is 0 Å². The zero-order valence-corrected chi connectivity index (χ0v) is 10.5. The largest absolute Gasteiger partial charge is 0.497 e. The molecule has 20 heavy (non-hydrogen) atoms. The molecule has 9 heteroatoms. The first-order valence-corrected chi connectivity index (χ1v) is 5.68. The third-order valence-electron chi connectivity index (χ3n) is 2.60. The summed E-state index contributed by atoms with van der Waals surface area (Å²) in [5.41, 5.74) is 3.82. The first-order valence-electron chi connectivity index (χ1n) is 5.68. The number of rotatable bonds is 4. The van der Waals surface area contributed by atoms with Crippen molar-refractivity contribution in [2.75, 3.05) is 17.9 Å². The minimum absolute atomic E-state index is 0.276. The number of nitrogens with zero attached hydrogens (tertiary/aromatic N) is 4. The van der Waals surface area contributed by atoms with Crippen molar-refractivity contribution in [1.29, 1.82) is 0 Å². The van der Waals surface area contributed by atoms with E-state index in [1.807, 2.05) is 24.3 Å². The number of aromatic nitrogens is 4. The number of nitrogens with two attached hydrogens (primary N) is 1. The van der Waals surface area contributed by atoms with E-state index in [9.17, 15) is 0 Å². The number of anilines is 3. The van der Waals surface area contributed by atoms with Crippen molar-refractivity contribution >= 4 is 28.6 Å². The normalized spacial score (nSPS) is 10.5. The fourth-order valence-corrected chi connectivity index (χ4v) is 1.64. The molecule has 0 aliphatic rings. The average molecular weight is 273 g/mol. The van der Waals surface area contributed by atoms with Gasteiger partial charge in [0.05, 0.1) is 7.11 Å². The van der Waals surface area contributed by atoms with Gasteiger partial charge >= 0.3 is 0 Å². The molecular formula is C11H11N7O2. The molecule has 0 unspecified atom stereocenters. The standard InChI is InChI=1S/C11H11N7O2/c1-19-7-4-2-6(3-5-7)13-8-9(16-12)15-11-10(14-8)17-20-18-11/h2-5H,12H2,1H3,(H,13,14,17)(H,15,16,18). The van der Waals surface area contributed by atoms with Gasteiger partial charge in [0.1, 0.15) is 5.75 Å². The Kier molecular flexibility index (Phi) is 3.01. The van der Waals surface area contributed by atoms with Gasteiger partial charge in [-0.05, 0) is 34.6 Å². The van der Waals surface area contributed by atoms with E-state index in [1.165, 1.54) is 0 Å². The van der Waals surface area contributed by atoms with Crippen LogP contribution in [0.15, 0.2) is 28.9 Å². The maximum atomic E-state index is 5.42. The number of hydrogen-bond donors (Lipinski definition) is 3. The van der Waals surface area contributed by atoms with Gasteiger partial charge in [-0.15, -0.1) is 0 Å². The minimum Gasteiger partial charge on any atom is -0.497 e. The first kappa shape index (κ1) is 12.1. The highest BCUT2D eigenvalue weighted by molar-refractivity contribution is 5.76. The molecule has 1 aromatic carbocycles. The molecule has 0 spiro atoms. The summed E-state index contributed by atoms with van der Waals surface area (Å²) >= 11 is 0. The third kappa shape index (κ3) is 2.17. The van der Waals surface area contributed by atoms with E-state index in [0.717, 1.165) is 11.4 Å². The van der Waals surface area contributed by atoms with Gasteiger partial charge in [-0.3, -0.25) is 0 Å². The topological polar surface area (TPSA) is 124 Å². The zero-order chi connectivity index (χ0) is 13.9. The molecule has 4 N–H and O–H groups in total. The number of hydrogen-bond acceptors (Lipinski definition) is 9.